The third-order valence-electron chi connectivity index (χ3n) is 3.88. The van der Waals surface area contributed by atoms with Crippen LogP contribution >= 0.6 is 0 Å². The van der Waals surface area contributed by atoms with Crippen LogP contribution in [0.5, 0.6) is 0 Å². The lowest BCUT2D eigenvalue weighted by atomic mass is 9.93. The number of nitro groups is 1. The Kier molecular flexibility index (Phi) is 4.75. The Morgan fingerprint density at radius 1 is 1.32 bits per heavy atom. The van der Waals surface area contributed by atoms with Gasteiger partial charge in [-0.2, -0.15) is 0 Å². The number of amides is 1. The lowest BCUT2D eigenvalue weighted by molar-refractivity contribution is -0.384. The first kappa shape index (κ1) is 15.9. The van der Waals surface area contributed by atoms with Gasteiger partial charge in [0.05, 0.1) is 4.92 Å². The number of benzene rings is 1. The van der Waals surface area contributed by atoms with Crippen molar-refractivity contribution >= 4 is 17.6 Å². The number of piperidine rings is 1. The van der Waals surface area contributed by atoms with Gasteiger partial charge in [0.15, 0.2) is 0 Å². The first-order valence-electron chi connectivity index (χ1n) is 7.14. The molecule has 1 amide bonds. The summed E-state index contributed by atoms with van der Waals surface area (Å²) in [7, 11) is 0. The zero-order valence-electron chi connectivity index (χ0n) is 12.3. The van der Waals surface area contributed by atoms with Crippen molar-refractivity contribution in [1.82, 2.24) is 4.90 Å². The van der Waals surface area contributed by atoms with Crippen molar-refractivity contribution in [3.05, 3.63) is 39.4 Å². The Balaban J connectivity index is 2.07. The normalized spacial score (nSPS) is 15.6. The van der Waals surface area contributed by atoms with E-state index in [1.54, 1.807) is 17.9 Å². The first-order valence-corrected chi connectivity index (χ1v) is 7.14. The summed E-state index contributed by atoms with van der Waals surface area (Å²) in [5.74, 6) is -0.965. The van der Waals surface area contributed by atoms with Crippen LogP contribution in [0.4, 0.5) is 5.69 Å². The number of aryl methyl sites for hydroxylation is 1. The van der Waals surface area contributed by atoms with Gasteiger partial charge in [0.25, 0.3) is 11.6 Å². The smallest absolute Gasteiger partial charge is 0.303 e. The third kappa shape index (κ3) is 3.81. The van der Waals surface area contributed by atoms with E-state index in [9.17, 15) is 19.7 Å². The zero-order chi connectivity index (χ0) is 16.3. The molecule has 0 aliphatic carbocycles. The molecule has 1 aliphatic heterocycles. The highest BCUT2D eigenvalue weighted by molar-refractivity contribution is 5.95. The molecule has 1 aromatic rings. The van der Waals surface area contributed by atoms with Gasteiger partial charge >= 0.3 is 5.97 Å². The summed E-state index contributed by atoms with van der Waals surface area (Å²) in [6.45, 7) is 2.68. The molecule has 1 aromatic carbocycles. The van der Waals surface area contributed by atoms with Crippen LogP contribution in [0.25, 0.3) is 0 Å². The van der Waals surface area contributed by atoms with Gasteiger partial charge in [-0.05, 0) is 37.3 Å². The van der Waals surface area contributed by atoms with Gasteiger partial charge in [0, 0.05) is 37.2 Å². The van der Waals surface area contributed by atoms with Crippen LogP contribution in [0.2, 0.25) is 0 Å². The second-order valence-corrected chi connectivity index (χ2v) is 5.65. The molecule has 0 bridgehead atoms. The Labute approximate surface area is 127 Å². The van der Waals surface area contributed by atoms with Crippen molar-refractivity contribution in [2.75, 3.05) is 13.1 Å². The Bertz CT molecular complexity index is 606. The number of carboxylic acids is 1. The summed E-state index contributed by atoms with van der Waals surface area (Å²) in [6.07, 6.45) is 1.41. The van der Waals surface area contributed by atoms with Crippen molar-refractivity contribution in [2.45, 2.75) is 26.2 Å². The molecule has 0 atom stereocenters. The average molecular weight is 306 g/mol. The molecular weight excluding hydrogens is 288 g/mol. The molecule has 2 rings (SSSR count). The van der Waals surface area contributed by atoms with Gasteiger partial charge < -0.3 is 10.0 Å². The van der Waals surface area contributed by atoms with Crippen molar-refractivity contribution in [1.29, 1.82) is 0 Å². The lowest BCUT2D eigenvalue weighted by Crippen LogP contribution is -2.38. The fraction of sp³-hybridized carbons (Fsp3) is 0.467. The Hall–Kier alpha value is -2.44. The minimum absolute atomic E-state index is 0.0911. The van der Waals surface area contributed by atoms with Crippen LogP contribution in [0.3, 0.4) is 0 Å². The monoisotopic (exact) mass is 306 g/mol. The fourth-order valence-corrected chi connectivity index (χ4v) is 2.76. The quantitative estimate of drug-likeness (QED) is 0.679. The number of aliphatic carboxylic acids is 1. The lowest BCUT2D eigenvalue weighted by Gasteiger charge is -2.31. The minimum Gasteiger partial charge on any atom is -0.481 e. The summed E-state index contributed by atoms with van der Waals surface area (Å²) in [4.78, 5) is 35.1. The molecule has 1 N–H and O–H groups in total. The maximum atomic E-state index is 12.4. The van der Waals surface area contributed by atoms with Crippen molar-refractivity contribution in [3.8, 4) is 0 Å². The third-order valence-corrected chi connectivity index (χ3v) is 3.88. The molecule has 1 saturated heterocycles. The molecule has 1 heterocycles. The van der Waals surface area contributed by atoms with E-state index < -0.39 is 10.9 Å². The van der Waals surface area contributed by atoms with Crippen molar-refractivity contribution in [2.24, 2.45) is 5.92 Å². The molecule has 7 heteroatoms. The highest BCUT2D eigenvalue weighted by atomic mass is 16.6. The van der Waals surface area contributed by atoms with E-state index in [-0.39, 0.29) is 23.9 Å². The summed E-state index contributed by atoms with van der Waals surface area (Å²) in [6, 6.07) is 4.35. The predicted molar refractivity (Wildman–Crippen MR) is 78.7 cm³/mol. The van der Waals surface area contributed by atoms with E-state index in [1.165, 1.54) is 12.1 Å². The number of carbonyl (C=O) groups excluding carboxylic acids is 1. The molecule has 1 fully saturated rings. The van der Waals surface area contributed by atoms with Crippen LogP contribution < -0.4 is 0 Å². The number of non-ortho nitro benzene ring substituents is 1. The fourth-order valence-electron chi connectivity index (χ4n) is 2.76. The molecule has 22 heavy (non-hydrogen) atoms. The number of hydrogen-bond acceptors (Lipinski definition) is 4. The number of carboxylic acid groups (broad SMARTS) is 1. The summed E-state index contributed by atoms with van der Waals surface area (Å²) >= 11 is 0. The number of carbonyl (C=O) groups is 2. The molecular formula is C15H18N2O5. The highest BCUT2D eigenvalue weighted by Gasteiger charge is 2.26. The summed E-state index contributed by atoms with van der Waals surface area (Å²) < 4.78 is 0. The first-order chi connectivity index (χ1) is 10.4. The molecule has 0 radical (unpaired) electrons. The van der Waals surface area contributed by atoms with Crippen LogP contribution in [-0.4, -0.2) is 39.9 Å². The van der Waals surface area contributed by atoms with Crippen molar-refractivity contribution < 1.29 is 19.6 Å². The van der Waals surface area contributed by atoms with Gasteiger partial charge in [-0.3, -0.25) is 19.7 Å². The second kappa shape index (κ2) is 6.55. The average Bonchev–Trinajstić information content (AvgIpc) is 2.46. The molecule has 118 valence electrons. The number of nitrogens with zero attached hydrogens (tertiary/aromatic N) is 2. The molecule has 0 aromatic heterocycles. The molecule has 1 aliphatic rings. The zero-order valence-corrected chi connectivity index (χ0v) is 12.3. The van der Waals surface area contributed by atoms with Crippen LogP contribution in [0.15, 0.2) is 18.2 Å². The largest absolute Gasteiger partial charge is 0.481 e. The van der Waals surface area contributed by atoms with Crippen LogP contribution in [0.1, 0.15) is 35.2 Å². The Morgan fingerprint density at radius 3 is 2.50 bits per heavy atom. The van der Waals surface area contributed by atoms with Crippen LogP contribution in [-0.2, 0) is 4.79 Å². The molecule has 7 nitrogen and oxygen atoms in total. The minimum atomic E-state index is -0.820. The molecule has 0 saturated carbocycles. The Morgan fingerprint density at radius 2 is 1.95 bits per heavy atom. The summed E-state index contributed by atoms with van der Waals surface area (Å²) in [5.41, 5.74) is 0.880. The van der Waals surface area contributed by atoms with Gasteiger partial charge in [0.1, 0.15) is 0 Å². The van der Waals surface area contributed by atoms with E-state index in [4.69, 9.17) is 5.11 Å². The van der Waals surface area contributed by atoms with E-state index in [2.05, 4.69) is 0 Å². The summed E-state index contributed by atoms with van der Waals surface area (Å²) in [5, 5.41) is 19.7. The number of nitro benzene ring substituents is 1. The van der Waals surface area contributed by atoms with Gasteiger partial charge in [-0.25, -0.2) is 0 Å². The second-order valence-electron chi connectivity index (χ2n) is 5.65. The maximum Gasteiger partial charge on any atom is 0.303 e. The van der Waals surface area contributed by atoms with Gasteiger partial charge in [-0.15, -0.1) is 0 Å². The number of rotatable bonds is 4. The predicted octanol–water partition coefficient (Wildman–Crippen LogP) is 2.23. The van der Waals surface area contributed by atoms with Gasteiger partial charge in [0.2, 0.25) is 0 Å². The van der Waals surface area contributed by atoms with E-state index in [0.717, 1.165) is 0 Å². The maximum absolute atomic E-state index is 12.4. The molecule has 0 unspecified atom stereocenters. The molecule has 0 spiro atoms. The van der Waals surface area contributed by atoms with Crippen LogP contribution in [0, 0.1) is 23.0 Å². The highest BCUT2D eigenvalue weighted by Crippen LogP contribution is 2.23. The van der Waals surface area contributed by atoms with Gasteiger partial charge in [-0.1, -0.05) is 0 Å². The van der Waals surface area contributed by atoms with E-state index in [0.29, 0.717) is 37.1 Å². The topological polar surface area (TPSA) is 101 Å². The van der Waals surface area contributed by atoms with Crippen molar-refractivity contribution in [3.63, 3.8) is 0 Å². The number of hydrogen-bond donors (Lipinski definition) is 1. The SMILES string of the molecule is Cc1cc(C(=O)N2CCC(CC(=O)O)CC2)cc([N+](=O)[O-])c1. The van der Waals surface area contributed by atoms with E-state index in [1.807, 2.05) is 0 Å². The van der Waals surface area contributed by atoms with E-state index >= 15 is 0 Å². The number of likely N-dealkylation sites (tertiary alicyclic amines) is 1. The standard InChI is InChI=1S/C15H18N2O5/c1-10-6-12(9-13(7-10)17(21)22)15(20)16-4-2-11(3-5-16)8-14(18)19/h6-7,9,11H,2-5,8H2,1H3,(H,18,19).